The molecule has 2 aliphatic carbocycles. The molecule has 0 saturated heterocycles. The van der Waals surface area contributed by atoms with Gasteiger partial charge in [0.25, 0.3) is 0 Å². The lowest BCUT2D eigenvalue weighted by Crippen LogP contribution is -2.25. The van der Waals surface area contributed by atoms with Gasteiger partial charge in [-0.3, -0.25) is 0 Å². The van der Waals surface area contributed by atoms with Crippen LogP contribution in [0.15, 0.2) is 6.20 Å². The normalized spacial score (nSPS) is 22.7. The number of hydrogen-bond acceptors (Lipinski definition) is 2. The van der Waals surface area contributed by atoms with Crippen molar-refractivity contribution in [1.82, 2.24) is 9.55 Å². The molecule has 3 heteroatoms. The van der Waals surface area contributed by atoms with Crippen LogP contribution in [0.5, 0.6) is 0 Å². The molecule has 3 nitrogen and oxygen atoms in total. The second kappa shape index (κ2) is 7.33. The second-order valence-corrected chi connectivity index (χ2v) is 7.09. The Hall–Kier alpha value is -0.990. The van der Waals surface area contributed by atoms with Gasteiger partial charge in [0.05, 0.1) is 5.69 Å². The number of rotatable bonds is 3. The molecule has 0 aliphatic heterocycles. The molecule has 2 fully saturated rings. The van der Waals surface area contributed by atoms with Gasteiger partial charge >= 0.3 is 0 Å². The first-order chi connectivity index (χ1) is 10.3. The van der Waals surface area contributed by atoms with Crippen LogP contribution < -0.4 is 5.32 Å². The lowest BCUT2D eigenvalue weighted by atomic mass is 9.95. The SMILES string of the molecule is Cc1cn(C2CCCCCCC2)c(NC2CCCCC2)n1. The topological polar surface area (TPSA) is 29.9 Å². The molecule has 0 unspecified atom stereocenters. The highest BCUT2D eigenvalue weighted by atomic mass is 15.2. The lowest BCUT2D eigenvalue weighted by Gasteiger charge is -2.27. The van der Waals surface area contributed by atoms with Crippen LogP contribution in [0.25, 0.3) is 0 Å². The molecule has 0 atom stereocenters. The van der Waals surface area contributed by atoms with Crippen molar-refractivity contribution in [3.63, 3.8) is 0 Å². The highest BCUT2D eigenvalue weighted by Crippen LogP contribution is 2.30. The first kappa shape index (κ1) is 14.9. The van der Waals surface area contributed by atoms with Crippen LogP contribution in [-0.2, 0) is 0 Å². The number of nitrogens with one attached hydrogen (secondary N) is 1. The number of imidazole rings is 1. The minimum absolute atomic E-state index is 0.646. The number of hydrogen-bond donors (Lipinski definition) is 1. The predicted molar refractivity (Wildman–Crippen MR) is 88.8 cm³/mol. The summed E-state index contributed by atoms with van der Waals surface area (Å²) in [6.45, 7) is 2.13. The van der Waals surface area contributed by atoms with Gasteiger partial charge in [-0.2, -0.15) is 0 Å². The molecule has 118 valence electrons. The van der Waals surface area contributed by atoms with E-state index in [-0.39, 0.29) is 0 Å². The van der Waals surface area contributed by atoms with E-state index in [1.165, 1.54) is 77.0 Å². The maximum Gasteiger partial charge on any atom is 0.203 e. The molecule has 1 aromatic heterocycles. The Morgan fingerprint density at radius 3 is 2.19 bits per heavy atom. The summed E-state index contributed by atoms with van der Waals surface area (Å²) in [6, 6.07) is 1.31. The highest BCUT2D eigenvalue weighted by Gasteiger charge is 2.20. The Balaban J connectivity index is 1.70. The smallest absolute Gasteiger partial charge is 0.203 e. The summed E-state index contributed by atoms with van der Waals surface area (Å²) in [6.07, 6.45) is 18.7. The second-order valence-electron chi connectivity index (χ2n) is 7.09. The standard InChI is InChI=1S/C18H31N3/c1-15-14-21(17-12-8-3-2-4-9-13-17)18(19-15)20-16-10-6-5-7-11-16/h14,16-17H,2-13H2,1H3,(H,19,20). The van der Waals surface area contributed by atoms with E-state index in [0.717, 1.165) is 11.6 Å². The van der Waals surface area contributed by atoms with E-state index in [1.807, 2.05) is 0 Å². The van der Waals surface area contributed by atoms with Crippen molar-refractivity contribution >= 4 is 5.95 Å². The zero-order valence-electron chi connectivity index (χ0n) is 13.6. The maximum absolute atomic E-state index is 4.79. The van der Waals surface area contributed by atoms with Gasteiger partial charge in [-0.15, -0.1) is 0 Å². The fourth-order valence-corrected chi connectivity index (χ4v) is 4.04. The lowest BCUT2D eigenvalue weighted by molar-refractivity contribution is 0.372. The Morgan fingerprint density at radius 1 is 0.905 bits per heavy atom. The number of aromatic nitrogens is 2. The van der Waals surface area contributed by atoms with Gasteiger partial charge in [-0.05, 0) is 32.6 Å². The van der Waals surface area contributed by atoms with Crippen molar-refractivity contribution in [3.05, 3.63) is 11.9 Å². The Bertz CT molecular complexity index is 424. The molecule has 1 N–H and O–H groups in total. The van der Waals surface area contributed by atoms with Crippen molar-refractivity contribution in [2.75, 3.05) is 5.32 Å². The van der Waals surface area contributed by atoms with E-state index in [9.17, 15) is 0 Å². The monoisotopic (exact) mass is 289 g/mol. The molecule has 3 rings (SSSR count). The van der Waals surface area contributed by atoms with Crippen molar-refractivity contribution < 1.29 is 0 Å². The molecule has 2 aliphatic rings. The fourth-order valence-electron chi connectivity index (χ4n) is 4.04. The number of aryl methyl sites for hydroxylation is 1. The van der Waals surface area contributed by atoms with Crippen LogP contribution >= 0.6 is 0 Å². The molecule has 0 amide bonds. The summed E-state index contributed by atoms with van der Waals surface area (Å²) >= 11 is 0. The average Bonchev–Trinajstić information content (AvgIpc) is 2.80. The molecule has 1 heterocycles. The summed E-state index contributed by atoms with van der Waals surface area (Å²) in [5.41, 5.74) is 1.16. The van der Waals surface area contributed by atoms with Gasteiger partial charge in [0.2, 0.25) is 5.95 Å². The molecule has 21 heavy (non-hydrogen) atoms. The van der Waals surface area contributed by atoms with Crippen molar-refractivity contribution in [2.45, 2.75) is 96.1 Å². The maximum atomic E-state index is 4.79. The van der Waals surface area contributed by atoms with Crippen molar-refractivity contribution in [1.29, 1.82) is 0 Å². The van der Waals surface area contributed by atoms with Crippen LogP contribution in [0.2, 0.25) is 0 Å². The van der Waals surface area contributed by atoms with E-state index < -0.39 is 0 Å². The molecule has 0 spiro atoms. The minimum Gasteiger partial charge on any atom is -0.353 e. The predicted octanol–water partition coefficient (Wildman–Crippen LogP) is 5.22. The molecular weight excluding hydrogens is 258 g/mol. The molecular formula is C18H31N3. The Morgan fingerprint density at radius 2 is 1.48 bits per heavy atom. The number of anilines is 1. The van der Waals surface area contributed by atoms with Gasteiger partial charge in [0.1, 0.15) is 0 Å². The molecule has 0 radical (unpaired) electrons. The Kier molecular flexibility index (Phi) is 5.21. The minimum atomic E-state index is 0.646. The zero-order chi connectivity index (χ0) is 14.5. The zero-order valence-corrected chi connectivity index (χ0v) is 13.6. The van der Waals surface area contributed by atoms with Crippen molar-refractivity contribution in [2.24, 2.45) is 0 Å². The summed E-state index contributed by atoms with van der Waals surface area (Å²) in [5.74, 6) is 1.14. The van der Waals surface area contributed by atoms with E-state index in [4.69, 9.17) is 4.98 Å². The first-order valence-corrected chi connectivity index (χ1v) is 9.15. The van der Waals surface area contributed by atoms with E-state index in [0.29, 0.717) is 12.1 Å². The summed E-state index contributed by atoms with van der Waals surface area (Å²) in [7, 11) is 0. The summed E-state index contributed by atoms with van der Waals surface area (Å²) in [4.78, 5) is 4.79. The van der Waals surface area contributed by atoms with Gasteiger partial charge < -0.3 is 9.88 Å². The summed E-state index contributed by atoms with van der Waals surface area (Å²) in [5, 5.41) is 3.76. The van der Waals surface area contributed by atoms with E-state index >= 15 is 0 Å². The van der Waals surface area contributed by atoms with Gasteiger partial charge in [-0.25, -0.2) is 4.98 Å². The highest BCUT2D eigenvalue weighted by molar-refractivity contribution is 5.31. The molecule has 1 aromatic rings. The van der Waals surface area contributed by atoms with E-state index in [1.54, 1.807) is 0 Å². The Labute approximate surface area is 129 Å². The molecule has 0 aromatic carbocycles. The molecule has 2 saturated carbocycles. The van der Waals surface area contributed by atoms with Crippen LogP contribution in [0.3, 0.4) is 0 Å². The third-order valence-electron chi connectivity index (χ3n) is 5.26. The van der Waals surface area contributed by atoms with Crippen molar-refractivity contribution in [3.8, 4) is 0 Å². The number of nitrogens with zero attached hydrogens (tertiary/aromatic N) is 2. The van der Waals surface area contributed by atoms with Gasteiger partial charge in [0, 0.05) is 18.3 Å². The van der Waals surface area contributed by atoms with Crippen LogP contribution in [0.1, 0.15) is 88.8 Å². The first-order valence-electron chi connectivity index (χ1n) is 9.15. The van der Waals surface area contributed by atoms with E-state index in [2.05, 4.69) is 23.0 Å². The van der Waals surface area contributed by atoms with Crippen LogP contribution in [0.4, 0.5) is 5.95 Å². The van der Waals surface area contributed by atoms with Gasteiger partial charge in [-0.1, -0.05) is 51.4 Å². The largest absolute Gasteiger partial charge is 0.353 e. The average molecular weight is 289 g/mol. The van der Waals surface area contributed by atoms with Crippen LogP contribution in [0, 0.1) is 6.92 Å². The fraction of sp³-hybridized carbons (Fsp3) is 0.833. The third kappa shape index (κ3) is 4.02. The summed E-state index contributed by atoms with van der Waals surface area (Å²) < 4.78 is 2.47. The quantitative estimate of drug-likeness (QED) is 0.826. The third-order valence-corrected chi connectivity index (χ3v) is 5.26. The van der Waals surface area contributed by atoms with Gasteiger partial charge in [0.15, 0.2) is 0 Å². The molecule has 0 bridgehead atoms. The van der Waals surface area contributed by atoms with Crippen LogP contribution in [-0.4, -0.2) is 15.6 Å².